The number of carbonyl (C=O) groups is 3. The largest absolute Gasteiger partial charge is 0.338 e. The van der Waals surface area contributed by atoms with Gasteiger partial charge >= 0.3 is 6.03 Å². The van der Waals surface area contributed by atoms with Crippen molar-refractivity contribution >= 4 is 23.5 Å². The molecule has 3 rings (SSSR count). The van der Waals surface area contributed by atoms with E-state index < -0.39 is 0 Å². The minimum absolute atomic E-state index is 0.272. The first-order chi connectivity index (χ1) is 13.0. The van der Waals surface area contributed by atoms with Crippen molar-refractivity contribution in [3.63, 3.8) is 0 Å². The molecule has 0 saturated heterocycles. The summed E-state index contributed by atoms with van der Waals surface area (Å²) in [5.74, 6) is -0.243. The zero-order chi connectivity index (χ0) is 19.4. The number of hydrogen-bond donors (Lipinski definition) is 2. The van der Waals surface area contributed by atoms with Crippen LogP contribution < -0.4 is 10.6 Å². The predicted molar refractivity (Wildman–Crippen MR) is 104 cm³/mol. The molecule has 6 nitrogen and oxygen atoms in total. The molecule has 6 heteroatoms. The quantitative estimate of drug-likeness (QED) is 0.606. The Bertz CT molecular complexity index is 841. The van der Waals surface area contributed by atoms with Gasteiger partial charge in [-0.05, 0) is 36.1 Å². The lowest BCUT2D eigenvalue weighted by molar-refractivity contribution is 0.0653. The van der Waals surface area contributed by atoms with Crippen LogP contribution in [0.25, 0.3) is 0 Å². The van der Waals surface area contributed by atoms with Crippen LogP contribution in [0.5, 0.6) is 0 Å². The molecule has 27 heavy (non-hydrogen) atoms. The zero-order valence-electron chi connectivity index (χ0n) is 15.5. The molecule has 0 fully saturated rings. The standard InChI is InChI=1S/C21H23N3O3/c1-14(2)15-8-5-6-11-18(15)23-21(27)22-12-7-13-24-19(25)16-9-3-4-10-17(16)20(24)26/h3-6,8-11,14H,7,12-13H2,1-2H3,(H2,22,23,27). The highest BCUT2D eigenvalue weighted by atomic mass is 16.2. The number of carbonyl (C=O) groups excluding carboxylic acids is 3. The van der Waals surface area contributed by atoms with E-state index >= 15 is 0 Å². The molecule has 2 aromatic carbocycles. The fraction of sp³-hybridized carbons (Fsp3) is 0.286. The van der Waals surface area contributed by atoms with E-state index in [4.69, 9.17) is 0 Å². The van der Waals surface area contributed by atoms with Crippen molar-refractivity contribution in [1.29, 1.82) is 0 Å². The van der Waals surface area contributed by atoms with Crippen molar-refractivity contribution < 1.29 is 14.4 Å². The third-order valence-electron chi connectivity index (χ3n) is 4.55. The van der Waals surface area contributed by atoms with Gasteiger partial charge in [-0.3, -0.25) is 14.5 Å². The van der Waals surface area contributed by atoms with Gasteiger partial charge in [0.25, 0.3) is 11.8 Å². The van der Waals surface area contributed by atoms with Gasteiger partial charge in [-0.2, -0.15) is 0 Å². The number of nitrogens with zero attached hydrogens (tertiary/aromatic N) is 1. The molecule has 2 N–H and O–H groups in total. The van der Waals surface area contributed by atoms with Crippen LogP contribution in [0.3, 0.4) is 0 Å². The SMILES string of the molecule is CC(C)c1ccccc1NC(=O)NCCCN1C(=O)c2ccccc2C1=O. The molecule has 0 spiro atoms. The van der Waals surface area contributed by atoms with Gasteiger partial charge in [0.1, 0.15) is 0 Å². The number of rotatable bonds is 6. The molecule has 0 saturated carbocycles. The van der Waals surface area contributed by atoms with Gasteiger partial charge in [0, 0.05) is 18.8 Å². The molecular formula is C21H23N3O3. The van der Waals surface area contributed by atoms with Gasteiger partial charge in [0.2, 0.25) is 0 Å². The van der Waals surface area contributed by atoms with Crippen molar-refractivity contribution in [2.45, 2.75) is 26.2 Å². The van der Waals surface area contributed by atoms with E-state index in [0.29, 0.717) is 30.0 Å². The fourth-order valence-electron chi connectivity index (χ4n) is 3.16. The molecular weight excluding hydrogens is 342 g/mol. The van der Waals surface area contributed by atoms with Crippen LogP contribution in [0, 0.1) is 0 Å². The lowest BCUT2D eigenvalue weighted by atomic mass is 10.0. The highest BCUT2D eigenvalue weighted by Gasteiger charge is 2.34. The Morgan fingerprint density at radius 2 is 1.56 bits per heavy atom. The zero-order valence-corrected chi connectivity index (χ0v) is 15.5. The number of anilines is 1. The summed E-state index contributed by atoms with van der Waals surface area (Å²) in [6.07, 6.45) is 0.491. The van der Waals surface area contributed by atoms with Crippen molar-refractivity contribution in [2.24, 2.45) is 0 Å². The highest BCUT2D eigenvalue weighted by molar-refractivity contribution is 6.21. The molecule has 0 aliphatic carbocycles. The molecule has 0 bridgehead atoms. The van der Waals surface area contributed by atoms with Crippen LogP contribution in [-0.2, 0) is 0 Å². The first kappa shape index (κ1) is 18.6. The molecule has 0 atom stereocenters. The number of fused-ring (bicyclic) bond motifs is 1. The number of amides is 4. The summed E-state index contributed by atoms with van der Waals surface area (Å²) in [6, 6.07) is 14.2. The van der Waals surface area contributed by atoms with E-state index in [1.165, 1.54) is 4.90 Å². The highest BCUT2D eigenvalue weighted by Crippen LogP contribution is 2.24. The van der Waals surface area contributed by atoms with Crippen molar-refractivity contribution in [3.05, 3.63) is 65.2 Å². The van der Waals surface area contributed by atoms with Crippen molar-refractivity contribution in [2.75, 3.05) is 18.4 Å². The number of imide groups is 1. The third-order valence-corrected chi connectivity index (χ3v) is 4.55. The summed E-state index contributed by atoms with van der Waals surface area (Å²) in [4.78, 5) is 37.9. The van der Waals surface area contributed by atoms with Gasteiger partial charge in [0.05, 0.1) is 11.1 Å². The average molecular weight is 365 g/mol. The lowest BCUT2D eigenvalue weighted by Crippen LogP contribution is -2.35. The molecule has 4 amide bonds. The lowest BCUT2D eigenvalue weighted by Gasteiger charge is -2.15. The van der Waals surface area contributed by atoms with Gasteiger partial charge in [-0.1, -0.05) is 44.2 Å². The number of benzene rings is 2. The van der Waals surface area contributed by atoms with E-state index in [1.54, 1.807) is 24.3 Å². The number of nitrogens with one attached hydrogen (secondary N) is 2. The molecule has 1 aliphatic rings. The second kappa shape index (κ2) is 8.03. The summed E-state index contributed by atoms with van der Waals surface area (Å²) in [5.41, 5.74) is 2.74. The Morgan fingerprint density at radius 3 is 2.19 bits per heavy atom. The summed E-state index contributed by atoms with van der Waals surface area (Å²) in [7, 11) is 0. The maximum absolute atomic E-state index is 12.3. The fourth-order valence-corrected chi connectivity index (χ4v) is 3.16. The Kier molecular flexibility index (Phi) is 5.54. The number of hydrogen-bond acceptors (Lipinski definition) is 3. The van der Waals surface area contributed by atoms with E-state index in [2.05, 4.69) is 24.5 Å². The van der Waals surface area contributed by atoms with Crippen molar-refractivity contribution in [3.8, 4) is 0 Å². The van der Waals surface area contributed by atoms with Crippen LogP contribution in [0.1, 0.15) is 52.5 Å². The summed E-state index contributed by atoms with van der Waals surface area (Å²) >= 11 is 0. The first-order valence-corrected chi connectivity index (χ1v) is 9.08. The van der Waals surface area contributed by atoms with Gasteiger partial charge < -0.3 is 10.6 Å². The van der Waals surface area contributed by atoms with Crippen molar-refractivity contribution in [1.82, 2.24) is 10.2 Å². The monoisotopic (exact) mass is 365 g/mol. The van der Waals surface area contributed by atoms with Gasteiger partial charge in [0.15, 0.2) is 0 Å². The summed E-state index contributed by atoms with van der Waals surface area (Å²) in [6.45, 7) is 4.78. The normalized spacial score (nSPS) is 13.1. The summed E-state index contributed by atoms with van der Waals surface area (Å²) in [5, 5.41) is 5.63. The first-order valence-electron chi connectivity index (χ1n) is 9.08. The maximum atomic E-state index is 12.3. The Balaban J connectivity index is 1.48. The van der Waals surface area contributed by atoms with E-state index in [9.17, 15) is 14.4 Å². The third kappa shape index (κ3) is 4.00. The second-order valence-electron chi connectivity index (χ2n) is 6.78. The van der Waals surface area contributed by atoms with Gasteiger partial charge in [-0.15, -0.1) is 0 Å². The van der Waals surface area contributed by atoms with Gasteiger partial charge in [-0.25, -0.2) is 4.79 Å². The minimum atomic E-state index is -0.300. The molecule has 0 aromatic heterocycles. The van der Waals surface area contributed by atoms with Crippen LogP contribution in [0.15, 0.2) is 48.5 Å². The Labute approximate surface area is 158 Å². The molecule has 0 unspecified atom stereocenters. The molecule has 0 radical (unpaired) electrons. The smallest absolute Gasteiger partial charge is 0.319 e. The minimum Gasteiger partial charge on any atom is -0.338 e. The summed E-state index contributed by atoms with van der Waals surface area (Å²) < 4.78 is 0. The molecule has 140 valence electrons. The second-order valence-corrected chi connectivity index (χ2v) is 6.78. The van der Waals surface area contributed by atoms with E-state index in [0.717, 1.165) is 11.3 Å². The van der Waals surface area contributed by atoms with Crippen LogP contribution in [-0.4, -0.2) is 35.8 Å². The topological polar surface area (TPSA) is 78.5 Å². The molecule has 1 aliphatic heterocycles. The van der Waals surface area contributed by atoms with Crippen LogP contribution in [0.4, 0.5) is 10.5 Å². The van der Waals surface area contributed by atoms with E-state index in [-0.39, 0.29) is 24.4 Å². The predicted octanol–water partition coefficient (Wildman–Crippen LogP) is 3.62. The Hall–Kier alpha value is -3.15. The van der Waals surface area contributed by atoms with Crippen LogP contribution in [0.2, 0.25) is 0 Å². The molecule has 2 aromatic rings. The number of urea groups is 1. The van der Waals surface area contributed by atoms with E-state index in [1.807, 2.05) is 24.3 Å². The average Bonchev–Trinajstić information content (AvgIpc) is 2.90. The maximum Gasteiger partial charge on any atom is 0.319 e. The number of para-hydroxylation sites is 1. The molecule has 1 heterocycles. The Morgan fingerprint density at radius 1 is 0.963 bits per heavy atom. The van der Waals surface area contributed by atoms with Crippen LogP contribution >= 0.6 is 0 Å².